The van der Waals surface area contributed by atoms with Gasteiger partial charge in [-0.05, 0) is 35.7 Å². The molecule has 2 rings (SSSR count). The Morgan fingerprint density at radius 3 is 2.65 bits per heavy atom. The van der Waals surface area contributed by atoms with Crippen molar-refractivity contribution in [3.8, 4) is 5.75 Å². The van der Waals surface area contributed by atoms with Crippen LogP contribution in [0.5, 0.6) is 5.75 Å². The minimum Gasteiger partial charge on any atom is -0.494 e. The third-order valence-corrected chi connectivity index (χ3v) is 3.25. The summed E-state index contributed by atoms with van der Waals surface area (Å²) in [5, 5.41) is 0. The monoisotopic (exact) mass is 270 g/mol. The van der Waals surface area contributed by atoms with E-state index in [1.165, 1.54) is 7.11 Å². The zero-order valence-electron chi connectivity index (χ0n) is 11.7. The molecule has 0 amide bonds. The molecule has 1 atom stereocenters. The SMILES string of the molecule is COc1cccnc1C(=O)CC(C)c1ccc(N)cc1. The lowest BCUT2D eigenvalue weighted by Gasteiger charge is -2.12. The summed E-state index contributed by atoms with van der Waals surface area (Å²) in [4.78, 5) is 16.4. The molecule has 1 aromatic heterocycles. The zero-order valence-corrected chi connectivity index (χ0v) is 11.7. The van der Waals surface area contributed by atoms with Crippen LogP contribution in [0.4, 0.5) is 5.69 Å². The van der Waals surface area contributed by atoms with E-state index < -0.39 is 0 Å². The lowest BCUT2D eigenvalue weighted by Crippen LogP contribution is -2.08. The summed E-state index contributed by atoms with van der Waals surface area (Å²) >= 11 is 0. The molecule has 0 saturated carbocycles. The predicted molar refractivity (Wildman–Crippen MR) is 79.0 cm³/mol. The number of hydrogen-bond donors (Lipinski definition) is 1. The van der Waals surface area contributed by atoms with E-state index >= 15 is 0 Å². The molecule has 4 heteroatoms. The molecule has 0 saturated heterocycles. The van der Waals surface area contributed by atoms with Gasteiger partial charge in [0.15, 0.2) is 5.78 Å². The van der Waals surface area contributed by atoms with Gasteiger partial charge >= 0.3 is 0 Å². The summed E-state index contributed by atoms with van der Waals surface area (Å²) < 4.78 is 5.17. The summed E-state index contributed by atoms with van der Waals surface area (Å²) in [6.07, 6.45) is 1.99. The summed E-state index contributed by atoms with van der Waals surface area (Å²) in [7, 11) is 1.54. The number of ether oxygens (including phenoxy) is 1. The van der Waals surface area contributed by atoms with E-state index in [2.05, 4.69) is 4.98 Å². The minimum atomic E-state index is -0.0215. The maximum Gasteiger partial charge on any atom is 0.185 e. The fraction of sp³-hybridized carbons (Fsp3) is 0.250. The topological polar surface area (TPSA) is 65.2 Å². The molecule has 0 radical (unpaired) electrons. The number of ketones is 1. The van der Waals surface area contributed by atoms with E-state index in [1.54, 1.807) is 18.3 Å². The lowest BCUT2D eigenvalue weighted by molar-refractivity contribution is 0.0967. The molecule has 4 nitrogen and oxygen atoms in total. The predicted octanol–water partition coefficient (Wildman–Crippen LogP) is 3.05. The van der Waals surface area contributed by atoms with Crippen LogP contribution in [0.25, 0.3) is 0 Å². The maximum absolute atomic E-state index is 12.3. The third kappa shape index (κ3) is 3.15. The lowest BCUT2D eigenvalue weighted by atomic mass is 9.94. The molecule has 1 aromatic carbocycles. The van der Waals surface area contributed by atoms with Gasteiger partial charge in [0.05, 0.1) is 7.11 Å². The molecule has 1 heterocycles. The first kappa shape index (κ1) is 14.1. The number of carbonyl (C=O) groups excluding carboxylic acids is 1. The Morgan fingerprint density at radius 2 is 2.00 bits per heavy atom. The number of anilines is 1. The number of Topliss-reactive ketones (excluding diaryl/α,β-unsaturated/α-hetero) is 1. The fourth-order valence-electron chi connectivity index (χ4n) is 2.08. The van der Waals surface area contributed by atoms with Crippen LogP contribution >= 0.6 is 0 Å². The van der Waals surface area contributed by atoms with Gasteiger partial charge < -0.3 is 10.5 Å². The van der Waals surface area contributed by atoms with Crippen molar-refractivity contribution in [2.24, 2.45) is 0 Å². The highest BCUT2D eigenvalue weighted by Gasteiger charge is 2.17. The normalized spacial score (nSPS) is 11.9. The van der Waals surface area contributed by atoms with Gasteiger partial charge in [-0.25, -0.2) is 4.98 Å². The molecular formula is C16H18N2O2. The van der Waals surface area contributed by atoms with Crippen LogP contribution in [-0.2, 0) is 0 Å². The van der Waals surface area contributed by atoms with Crippen molar-refractivity contribution in [2.75, 3.05) is 12.8 Å². The van der Waals surface area contributed by atoms with Gasteiger partial charge in [0.1, 0.15) is 11.4 Å². The molecule has 0 aliphatic rings. The van der Waals surface area contributed by atoms with Gasteiger partial charge in [0.25, 0.3) is 0 Å². The number of nitrogens with two attached hydrogens (primary N) is 1. The Kier molecular flexibility index (Phi) is 4.35. The number of nitrogen functional groups attached to an aromatic ring is 1. The van der Waals surface area contributed by atoms with Crippen molar-refractivity contribution in [3.63, 3.8) is 0 Å². The first-order valence-corrected chi connectivity index (χ1v) is 6.49. The first-order valence-electron chi connectivity index (χ1n) is 6.49. The molecule has 1 unspecified atom stereocenters. The second-order valence-electron chi connectivity index (χ2n) is 4.75. The van der Waals surface area contributed by atoms with Crippen molar-refractivity contribution < 1.29 is 9.53 Å². The quantitative estimate of drug-likeness (QED) is 0.670. The van der Waals surface area contributed by atoms with Crippen LogP contribution in [0.2, 0.25) is 0 Å². The summed E-state index contributed by atoms with van der Waals surface area (Å²) in [6.45, 7) is 2.01. The number of pyridine rings is 1. The third-order valence-electron chi connectivity index (χ3n) is 3.25. The number of benzene rings is 1. The van der Waals surface area contributed by atoms with E-state index in [4.69, 9.17) is 10.5 Å². The van der Waals surface area contributed by atoms with Crippen molar-refractivity contribution in [1.29, 1.82) is 0 Å². The second kappa shape index (κ2) is 6.19. The summed E-state index contributed by atoms with van der Waals surface area (Å²) in [6, 6.07) is 11.1. The van der Waals surface area contributed by atoms with Gasteiger partial charge in [-0.2, -0.15) is 0 Å². The van der Waals surface area contributed by atoms with E-state index in [1.807, 2.05) is 31.2 Å². The molecule has 20 heavy (non-hydrogen) atoms. The minimum absolute atomic E-state index is 0.0215. The Balaban J connectivity index is 2.13. The molecule has 2 aromatic rings. The average Bonchev–Trinajstić information content (AvgIpc) is 2.47. The number of aromatic nitrogens is 1. The Hall–Kier alpha value is -2.36. The Bertz CT molecular complexity index is 594. The Labute approximate surface area is 118 Å². The van der Waals surface area contributed by atoms with E-state index in [9.17, 15) is 4.79 Å². The molecule has 0 spiro atoms. The average molecular weight is 270 g/mol. The number of nitrogens with zero attached hydrogens (tertiary/aromatic N) is 1. The van der Waals surface area contributed by atoms with E-state index in [-0.39, 0.29) is 11.7 Å². The van der Waals surface area contributed by atoms with Gasteiger partial charge in [-0.3, -0.25) is 4.79 Å². The van der Waals surface area contributed by atoms with Gasteiger partial charge in [0, 0.05) is 18.3 Å². The van der Waals surface area contributed by atoms with Gasteiger partial charge in [-0.15, -0.1) is 0 Å². The van der Waals surface area contributed by atoms with Crippen LogP contribution in [0.3, 0.4) is 0 Å². The van der Waals surface area contributed by atoms with Crippen molar-refractivity contribution in [2.45, 2.75) is 19.3 Å². The molecule has 0 fully saturated rings. The number of hydrogen-bond acceptors (Lipinski definition) is 4. The van der Waals surface area contributed by atoms with Crippen molar-refractivity contribution in [1.82, 2.24) is 4.98 Å². The highest BCUT2D eigenvalue weighted by molar-refractivity contribution is 5.97. The van der Waals surface area contributed by atoms with Crippen molar-refractivity contribution in [3.05, 3.63) is 53.9 Å². The smallest absolute Gasteiger partial charge is 0.185 e. The fourth-order valence-corrected chi connectivity index (χ4v) is 2.08. The second-order valence-corrected chi connectivity index (χ2v) is 4.75. The molecule has 2 N–H and O–H groups in total. The Morgan fingerprint density at radius 1 is 1.30 bits per heavy atom. The number of methoxy groups -OCH3 is 1. The highest BCUT2D eigenvalue weighted by Crippen LogP contribution is 2.24. The summed E-state index contributed by atoms with van der Waals surface area (Å²) in [5.74, 6) is 0.601. The highest BCUT2D eigenvalue weighted by atomic mass is 16.5. The van der Waals surface area contributed by atoms with E-state index in [0.29, 0.717) is 17.9 Å². The number of rotatable bonds is 5. The summed E-state index contributed by atoms with van der Waals surface area (Å²) in [5.41, 5.74) is 7.86. The van der Waals surface area contributed by atoms with E-state index in [0.717, 1.165) is 11.3 Å². The van der Waals surface area contributed by atoms with Crippen molar-refractivity contribution >= 4 is 11.5 Å². The van der Waals surface area contributed by atoms with Crippen LogP contribution in [-0.4, -0.2) is 17.9 Å². The molecule has 0 aliphatic carbocycles. The molecule has 0 aliphatic heterocycles. The van der Waals surface area contributed by atoms with Crippen LogP contribution < -0.4 is 10.5 Å². The number of carbonyl (C=O) groups is 1. The first-order chi connectivity index (χ1) is 9.61. The standard InChI is InChI=1S/C16H18N2O2/c1-11(12-5-7-13(17)8-6-12)10-14(19)16-15(20-2)4-3-9-18-16/h3-9,11H,10,17H2,1-2H3. The zero-order chi connectivity index (χ0) is 14.5. The van der Waals surface area contributed by atoms with Gasteiger partial charge in [-0.1, -0.05) is 19.1 Å². The molecule has 104 valence electrons. The molecule has 0 bridgehead atoms. The largest absolute Gasteiger partial charge is 0.494 e. The molecular weight excluding hydrogens is 252 g/mol. The van der Waals surface area contributed by atoms with Crippen LogP contribution in [0, 0.1) is 0 Å². The van der Waals surface area contributed by atoms with Crippen LogP contribution in [0.1, 0.15) is 35.3 Å². The maximum atomic E-state index is 12.3. The van der Waals surface area contributed by atoms with Crippen LogP contribution in [0.15, 0.2) is 42.6 Å². The van der Waals surface area contributed by atoms with Gasteiger partial charge in [0.2, 0.25) is 0 Å².